The third kappa shape index (κ3) is 2.93. The van der Waals surface area contributed by atoms with E-state index in [0.29, 0.717) is 15.0 Å². The molecular weight excluding hydrogens is 349 g/mol. The average molecular weight is 368 g/mol. The summed E-state index contributed by atoms with van der Waals surface area (Å²) in [5.74, 6) is -0.0332. The molecule has 0 unspecified atom stereocenters. The molecule has 3 heterocycles. The number of piperidine rings is 1. The fourth-order valence-electron chi connectivity index (χ4n) is 4.11. The number of nitrogens with one attached hydrogen (secondary N) is 1. The summed E-state index contributed by atoms with van der Waals surface area (Å²) in [7, 11) is 0. The van der Waals surface area contributed by atoms with Gasteiger partial charge < -0.3 is 10.2 Å². The van der Waals surface area contributed by atoms with Gasteiger partial charge in [-0.25, -0.2) is 0 Å². The lowest BCUT2D eigenvalue weighted by molar-refractivity contribution is -0.137. The highest BCUT2D eigenvalue weighted by molar-refractivity contribution is 7.20. The van der Waals surface area contributed by atoms with Gasteiger partial charge in [-0.15, -0.1) is 11.3 Å². The van der Waals surface area contributed by atoms with Gasteiger partial charge in [0, 0.05) is 16.8 Å². The highest BCUT2D eigenvalue weighted by Crippen LogP contribution is 2.40. The van der Waals surface area contributed by atoms with Gasteiger partial charge >= 0.3 is 6.18 Å². The molecule has 2 aromatic rings. The molecule has 0 atom stereocenters. The maximum atomic E-state index is 13.1. The number of likely N-dealkylation sites (tertiary alicyclic amines) is 1. The van der Waals surface area contributed by atoms with Crippen molar-refractivity contribution in [2.45, 2.75) is 37.4 Å². The Morgan fingerprint density at radius 1 is 1.16 bits per heavy atom. The molecule has 3 nitrogen and oxygen atoms in total. The Bertz CT molecular complexity index is 808. The van der Waals surface area contributed by atoms with Crippen LogP contribution in [-0.2, 0) is 6.18 Å². The maximum absolute atomic E-state index is 13.1. The summed E-state index contributed by atoms with van der Waals surface area (Å²) in [6.07, 6.45) is -0.460. The standard InChI is InChI=1S/C18H19F3N2OS/c19-18(20,21)13-3-2-12-10-15(25-14(12)11-13)16(24)23-9-1-4-17(23)5-7-22-8-6-17/h2-3,10-11,22H,1,4-9H2. The molecule has 25 heavy (non-hydrogen) atoms. The van der Waals surface area contributed by atoms with Crippen LogP contribution in [0.15, 0.2) is 24.3 Å². The Balaban J connectivity index is 1.66. The van der Waals surface area contributed by atoms with E-state index in [0.717, 1.165) is 68.8 Å². The molecule has 2 aliphatic rings. The van der Waals surface area contributed by atoms with Gasteiger partial charge in [-0.05, 0) is 62.4 Å². The lowest BCUT2D eigenvalue weighted by Crippen LogP contribution is -2.53. The largest absolute Gasteiger partial charge is 0.416 e. The van der Waals surface area contributed by atoms with Crippen molar-refractivity contribution in [2.24, 2.45) is 0 Å². The number of thiophene rings is 1. The molecule has 0 bridgehead atoms. The van der Waals surface area contributed by atoms with Crippen LogP contribution in [0.4, 0.5) is 13.2 Å². The Hall–Kier alpha value is -1.60. The van der Waals surface area contributed by atoms with Crippen molar-refractivity contribution in [1.29, 1.82) is 0 Å². The van der Waals surface area contributed by atoms with Crippen LogP contribution in [0, 0.1) is 0 Å². The fraction of sp³-hybridized carbons (Fsp3) is 0.500. The number of benzene rings is 1. The first-order valence-corrected chi connectivity index (χ1v) is 9.34. The highest BCUT2D eigenvalue weighted by Gasteiger charge is 2.44. The minimum Gasteiger partial charge on any atom is -0.332 e. The van der Waals surface area contributed by atoms with Crippen LogP contribution < -0.4 is 5.32 Å². The zero-order valence-corrected chi connectivity index (χ0v) is 14.5. The average Bonchev–Trinajstić information content (AvgIpc) is 3.17. The number of nitrogens with zero attached hydrogens (tertiary/aromatic N) is 1. The van der Waals surface area contributed by atoms with Gasteiger partial charge in [0.05, 0.1) is 10.4 Å². The van der Waals surface area contributed by atoms with E-state index in [9.17, 15) is 18.0 Å². The van der Waals surface area contributed by atoms with Crippen LogP contribution in [0.25, 0.3) is 10.1 Å². The normalized spacial score (nSPS) is 20.5. The van der Waals surface area contributed by atoms with Gasteiger partial charge in [-0.1, -0.05) is 6.07 Å². The molecule has 1 N–H and O–H groups in total. The van der Waals surface area contributed by atoms with Crippen LogP contribution >= 0.6 is 11.3 Å². The first-order chi connectivity index (χ1) is 11.9. The molecule has 2 fully saturated rings. The van der Waals surface area contributed by atoms with Crippen molar-refractivity contribution in [1.82, 2.24) is 10.2 Å². The zero-order valence-electron chi connectivity index (χ0n) is 13.7. The summed E-state index contributed by atoms with van der Waals surface area (Å²) in [5.41, 5.74) is -0.743. The molecule has 1 amide bonds. The molecule has 0 saturated carbocycles. The SMILES string of the molecule is O=C(c1cc2ccc(C(F)(F)F)cc2s1)N1CCCC12CCNCC2. The van der Waals surface area contributed by atoms with Crippen molar-refractivity contribution >= 4 is 27.3 Å². The zero-order chi connectivity index (χ0) is 17.7. The second kappa shape index (κ2) is 5.99. The fourth-order valence-corrected chi connectivity index (χ4v) is 5.16. The van der Waals surface area contributed by atoms with Gasteiger partial charge in [0.25, 0.3) is 5.91 Å². The van der Waals surface area contributed by atoms with Crippen molar-refractivity contribution in [3.63, 3.8) is 0 Å². The number of hydrogen-bond acceptors (Lipinski definition) is 3. The number of amides is 1. The second-order valence-corrected chi connectivity index (χ2v) is 7.98. The molecule has 0 aliphatic carbocycles. The minimum absolute atomic E-state index is 0.0332. The topological polar surface area (TPSA) is 32.3 Å². The summed E-state index contributed by atoms with van der Waals surface area (Å²) in [4.78, 5) is 15.6. The van der Waals surface area contributed by atoms with Crippen molar-refractivity contribution in [2.75, 3.05) is 19.6 Å². The van der Waals surface area contributed by atoms with Crippen LogP contribution in [0.2, 0.25) is 0 Å². The number of halogens is 3. The van der Waals surface area contributed by atoms with Crippen molar-refractivity contribution in [3.8, 4) is 0 Å². The summed E-state index contributed by atoms with van der Waals surface area (Å²) < 4.78 is 39.2. The molecular formula is C18H19F3N2OS. The monoisotopic (exact) mass is 368 g/mol. The van der Waals surface area contributed by atoms with Gasteiger partial charge in [0.2, 0.25) is 0 Å². The van der Waals surface area contributed by atoms with E-state index in [4.69, 9.17) is 0 Å². The molecule has 1 spiro atoms. The van der Waals surface area contributed by atoms with E-state index < -0.39 is 11.7 Å². The number of hydrogen-bond donors (Lipinski definition) is 1. The van der Waals surface area contributed by atoms with Gasteiger partial charge in [-0.2, -0.15) is 13.2 Å². The van der Waals surface area contributed by atoms with Crippen molar-refractivity contribution in [3.05, 3.63) is 34.7 Å². The van der Waals surface area contributed by atoms with Gasteiger partial charge in [0.15, 0.2) is 0 Å². The maximum Gasteiger partial charge on any atom is 0.416 e. The molecule has 2 aliphatic heterocycles. The van der Waals surface area contributed by atoms with E-state index >= 15 is 0 Å². The lowest BCUT2D eigenvalue weighted by atomic mass is 9.85. The van der Waals surface area contributed by atoms with E-state index in [1.54, 1.807) is 6.07 Å². The molecule has 4 rings (SSSR count). The van der Waals surface area contributed by atoms with E-state index in [-0.39, 0.29) is 11.4 Å². The molecule has 7 heteroatoms. The predicted octanol–water partition coefficient (Wildman–Crippen LogP) is 4.28. The molecule has 1 aromatic carbocycles. The van der Waals surface area contributed by atoms with Crippen LogP contribution in [0.3, 0.4) is 0 Å². The Kier molecular flexibility index (Phi) is 4.03. The van der Waals surface area contributed by atoms with E-state index in [2.05, 4.69) is 5.32 Å². The third-order valence-corrected chi connectivity index (χ3v) is 6.52. The van der Waals surface area contributed by atoms with Crippen LogP contribution in [0.5, 0.6) is 0 Å². The smallest absolute Gasteiger partial charge is 0.332 e. The summed E-state index contributed by atoms with van der Waals surface area (Å²) in [6.45, 7) is 2.55. The van der Waals surface area contributed by atoms with Crippen LogP contribution in [0.1, 0.15) is 40.9 Å². The minimum atomic E-state index is -4.36. The van der Waals surface area contributed by atoms with E-state index in [1.165, 1.54) is 6.07 Å². The molecule has 0 radical (unpaired) electrons. The first kappa shape index (κ1) is 16.8. The third-order valence-electron chi connectivity index (χ3n) is 5.43. The predicted molar refractivity (Wildman–Crippen MR) is 91.9 cm³/mol. The summed E-state index contributed by atoms with van der Waals surface area (Å²) >= 11 is 1.16. The Morgan fingerprint density at radius 3 is 2.64 bits per heavy atom. The number of alkyl halides is 3. The molecule has 134 valence electrons. The highest BCUT2D eigenvalue weighted by atomic mass is 32.1. The molecule has 1 aromatic heterocycles. The first-order valence-electron chi connectivity index (χ1n) is 8.53. The van der Waals surface area contributed by atoms with Gasteiger partial charge in [0.1, 0.15) is 0 Å². The second-order valence-electron chi connectivity index (χ2n) is 6.90. The number of carbonyl (C=O) groups excluding carboxylic acids is 1. The quantitative estimate of drug-likeness (QED) is 0.815. The van der Waals surface area contributed by atoms with Gasteiger partial charge in [-0.3, -0.25) is 4.79 Å². The molecule has 2 saturated heterocycles. The van der Waals surface area contributed by atoms with E-state index in [1.807, 2.05) is 4.90 Å². The van der Waals surface area contributed by atoms with Crippen molar-refractivity contribution < 1.29 is 18.0 Å². The Labute approximate surface area is 147 Å². The van der Waals surface area contributed by atoms with Crippen LogP contribution in [-0.4, -0.2) is 36.0 Å². The number of carbonyl (C=O) groups is 1. The number of fused-ring (bicyclic) bond motifs is 1. The summed E-state index contributed by atoms with van der Waals surface area (Å²) in [5, 5.41) is 4.03. The Morgan fingerprint density at radius 2 is 1.92 bits per heavy atom. The summed E-state index contributed by atoms with van der Waals surface area (Å²) in [6, 6.07) is 5.40. The lowest BCUT2D eigenvalue weighted by Gasteiger charge is -2.41. The number of rotatable bonds is 1.